The van der Waals surface area contributed by atoms with E-state index in [2.05, 4.69) is 160 Å². The van der Waals surface area contributed by atoms with Gasteiger partial charge in [0, 0.05) is 96.0 Å². The summed E-state index contributed by atoms with van der Waals surface area (Å²) in [5, 5.41) is 6.84. The molecule has 0 aliphatic rings. The molecule has 0 saturated heterocycles. The molecule has 5 aromatic heterocycles. The maximum atomic E-state index is 16.3. The van der Waals surface area contributed by atoms with Gasteiger partial charge < -0.3 is 18.6 Å². The van der Waals surface area contributed by atoms with Crippen molar-refractivity contribution >= 4 is 76.8 Å². The number of rotatable bonds is 18. The van der Waals surface area contributed by atoms with Crippen molar-refractivity contribution in [2.75, 3.05) is 11.4 Å². The molecule has 1 unspecified atom stereocenters. The standard InChI is InChI=1S/C78H66F4N6/c1-5-21-54(86-70-30-17-13-26-58(70)59-27-14-18-31-71(59)86)25-12-7-9-22-50-34-40-74-64(42-50)60-28-15-19-32-72(60)87(74)56-46-68(62-38-35-51(79)43-66(62)81)83-76(48-56)78(3,4)77-49-57(47-69(84-77)63-39-36-52(80)44-67(63)82)88-73-33-20-16-29-61(73)65-45-55(37-41-75(65)88)85(6-2)53-23-10-8-11-24-53/h8,10-11,13-20,23-24,26-49,54H,5-7,9,12,21-22,25H2,1-4H3. The zero-order valence-electron chi connectivity index (χ0n) is 49.8. The number of para-hydroxylation sites is 5. The highest BCUT2D eigenvalue weighted by Gasteiger charge is 2.31. The van der Waals surface area contributed by atoms with Gasteiger partial charge in [-0.05, 0) is 167 Å². The van der Waals surface area contributed by atoms with Gasteiger partial charge in [0.1, 0.15) is 23.3 Å². The van der Waals surface area contributed by atoms with Gasteiger partial charge in [-0.2, -0.15) is 0 Å². The molecule has 10 heteroatoms. The fourth-order valence-corrected chi connectivity index (χ4v) is 13.7. The van der Waals surface area contributed by atoms with E-state index in [1.54, 1.807) is 0 Å². The van der Waals surface area contributed by atoms with Crippen LogP contribution in [0.3, 0.4) is 0 Å². The molecule has 0 radical (unpaired) electrons. The molecule has 0 spiro atoms. The maximum absolute atomic E-state index is 16.3. The Balaban J connectivity index is 0.852. The van der Waals surface area contributed by atoms with E-state index in [9.17, 15) is 8.78 Å². The minimum Gasteiger partial charge on any atom is -0.342 e. The summed E-state index contributed by atoms with van der Waals surface area (Å²) in [5.74, 6) is -2.90. The smallest absolute Gasteiger partial charge is 0.135 e. The third-order valence-electron chi connectivity index (χ3n) is 18.0. The number of nitrogens with zero attached hydrogens (tertiary/aromatic N) is 6. The summed E-state index contributed by atoms with van der Waals surface area (Å²) in [6.07, 6.45) is 7.59. The van der Waals surface area contributed by atoms with Gasteiger partial charge >= 0.3 is 0 Å². The maximum Gasteiger partial charge on any atom is 0.135 e. The highest BCUT2D eigenvalue weighted by molar-refractivity contribution is 6.12. The summed E-state index contributed by atoms with van der Waals surface area (Å²) < 4.78 is 69.0. The summed E-state index contributed by atoms with van der Waals surface area (Å²) >= 11 is 0. The molecule has 0 fully saturated rings. The van der Waals surface area contributed by atoms with Crippen LogP contribution in [0.4, 0.5) is 28.9 Å². The van der Waals surface area contributed by atoms with Crippen LogP contribution in [-0.4, -0.2) is 30.2 Å². The average molecular weight is 1160 g/mol. The first-order valence-corrected chi connectivity index (χ1v) is 30.8. The Morgan fingerprint density at radius 2 is 0.898 bits per heavy atom. The number of benzene rings is 9. The van der Waals surface area contributed by atoms with Crippen LogP contribution in [0.15, 0.2) is 224 Å². The van der Waals surface area contributed by atoms with Crippen LogP contribution in [0.1, 0.15) is 89.2 Å². The number of halogens is 4. The van der Waals surface area contributed by atoms with Crippen LogP contribution >= 0.6 is 0 Å². The molecule has 1 atom stereocenters. The molecule has 88 heavy (non-hydrogen) atoms. The van der Waals surface area contributed by atoms with Gasteiger partial charge in [0.05, 0.1) is 56.2 Å². The van der Waals surface area contributed by atoms with Gasteiger partial charge in [-0.1, -0.05) is 123 Å². The monoisotopic (exact) mass is 1160 g/mol. The molecule has 0 amide bonds. The van der Waals surface area contributed by atoms with Crippen molar-refractivity contribution in [2.45, 2.75) is 84.1 Å². The van der Waals surface area contributed by atoms with Crippen molar-refractivity contribution in [2.24, 2.45) is 0 Å². The predicted octanol–water partition coefficient (Wildman–Crippen LogP) is 21.3. The minimum absolute atomic E-state index is 0.126. The largest absolute Gasteiger partial charge is 0.342 e. The molecule has 0 N–H and O–H groups in total. The Kier molecular flexibility index (Phi) is 14.7. The van der Waals surface area contributed by atoms with E-state index in [0.29, 0.717) is 34.5 Å². The number of fused-ring (bicyclic) bond motifs is 9. The van der Waals surface area contributed by atoms with E-state index >= 15 is 8.78 Å². The molecule has 0 bridgehead atoms. The van der Waals surface area contributed by atoms with E-state index in [4.69, 9.17) is 9.97 Å². The predicted molar refractivity (Wildman–Crippen MR) is 355 cm³/mol. The average Bonchev–Trinajstić information content (AvgIpc) is 1.61. The van der Waals surface area contributed by atoms with Gasteiger partial charge in [-0.15, -0.1) is 0 Å². The molecule has 436 valence electrons. The molecule has 0 aliphatic heterocycles. The number of anilines is 2. The quantitative estimate of drug-likeness (QED) is 0.0635. The van der Waals surface area contributed by atoms with Crippen molar-refractivity contribution in [1.29, 1.82) is 0 Å². The summed E-state index contributed by atoms with van der Waals surface area (Å²) in [4.78, 5) is 12.8. The minimum atomic E-state index is -1.07. The highest BCUT2D eigenvalue weighted by atomic mass is 19.1. The first-order valence-electron chi connectivity index (χ1n) is 30.8. The summed E-state index contributed by atoms with van der Waals surface area (Å²) in [7, 11) is 0. The van der Waals surface area contributed by atoms with Gasteiger partial charge in [0.15, 0.2) is 0 Å². The fraction of sp³-hybridized carbons (Fsp3) is 0.179. The second-order valence-electron chi connectivity index (χ2n) is 23.8. The third kappa shape index (κ3) is 10.0. The van der Waals surface area contributed by atoms with Gasteiger partial charge in [-0.3, -0.25) is 9.97 Å². The fourth-order valence-electron chi connectivity index (χ4n) is 13.7. The van der Waals surface area contributed by atoms with Crippen LogP contribution in [0, 0.1) is 23.3 Å². The van der Waals surface area contributed by atoms with E-state index in [0.717, 1.165) is 124 Å². The summed E-state index contributed by atoms with van der Waals surface area (Å²) in [6, 6.07) is 73.0. The first-order chi connectivity index (χ1) is 42.9. The van der Waals surface area contributed by atoms with Crippen molar-refractivity contribution < 1.29 is 17.6 Å². The summed E-state index contributed by atoms with van der Waals surface area (Å²) in [6.45, 7) is 9.19. The number of hydrogen-bond donors (Lipinski definition) is 0. The Hall–Kier alpha value is -9.80. The topological polar surface area (TPSA) is 43.8 Å². The highest BCUT2D eigenvalue weighted by Crippen LogP contribution is 2.43. The van der Waals surface area contributed by atoms with Crippen molar-refractivity contribution in [3.63, 3.8) is 0 Å². The Bertz CT molecular complexity index is 4900. The van der Waals surface area contributed by atoms with Gasteiger partial charge in [0.2, 0.25) is 0 Å². The number of hydrogen-bond acceptors (Lipinski definition) is 3. The van der Waals surface area contributed by atoms with E-state index in [1.165, 1.54) is 51.6 Å². The number of aryl methyl sites for hydroxylation is 1. The third-order valence-corrected chi connectivity index (χ3v) is 18.0. The lowest BCUT2D eigenvalue weighted by atomic mass is 9.83. The number of aromatic nitrogens is 5. The zero-order chi connectivity index (χ0) is 60.2. The van der Waals surface area contributed by atoms with Gasteiger partial charge in [0.25, 0.3) is 0 Å². The lowest BCUT2D eigenvalue weighted by Gasteiger charge is -2.27. The second-order valence-corrected chi connectivity index (χ2v) is 23.8. The van der Waals surface area contributed by atoms with E-state index < -0.39 is 28.7 Å². The molecule has 9 aromatic carbocycles. The number of pyridine rings is 2. The molecule has 6 nitrogen and oxygen atoms in total. The molecule has 14 aromatic rings. The lowest BCUT2D eigenvalue weighted by molar-refractivity contribution is 0.429. The van der Waals surface area contributed by atoms with Crippen LogP contribution in [-0.2, 0) is 11.8 Å². The van der Waals surface area contributed by atoms with Crippen LogP contribution in [0.2, 0.25) is 0 Å². The molecule has 14 rings (SSSR count). The lowest BCUT2D eigenvalue weighted by Crippen LogP contribution is -2.24. The first kappa shape index (κ1) is 56.0. The van der Waals surface area contributed by atoms with Crippen molar-refractivity contribution in [1.82, 2.24) is 23.7 Å². The molecule has 0 saturated carbocycles. The second kappa shape index (κ2) is 23.1. The normalized spacial score (nSPS) is 12.4. The zero-order valence-corrected chi connectivity index (χ0v) is 49.8. The number of unbranched alkanes of at least 4 members (excludes halogenated alkanes) is 2. The Morgan fingerprint density at radius 1 is 0.420 bits per heavy atom. The van der Waals surface area contributed by atoms with E-state index in [-0.39, 0.29) is 11.1 Å². The van der Waals surface area contributed by atoms with E-state index in [1.807, 2.05) is 74.5 Å². The summed E-state index contributed by atoms with van der Waals surface area (Å²) in [5.41, 5.74) is 12.0. The molecule has 0 aliphatic carbocycles. The van der Waals surface area contributed by atoms with Crippen molar-refractivity contribution in [3.8, 4) is 33.9 Å². The van der Waals surface area contributed by atoms with Crippen LogP contribution < -0.4 is 4.90 Å². The van der Waals surface area contributed by atoms with Crippen LogP contribution in [0.5, 0.6) is 0 Å². The van der Waals surface area contributed by atoms with Gasteiger partial charge in [-0.25, -0.2) is 17.6 Å². The van der Waals surface area contributed by atoms with Crippen molar-refractivity contribution in [3.05, 3.63) is 265 Å². The molecular weight excluding hydrogens is 1100 g/mol. The van der Waals surface area contributed by atoms with Crippen LogP contribution in [0.25, 0.3) is 99.3 Å². The Labute approximate surface area is 509 Å². The molecular formula is C78H66F4N6. The Morgan fingerprint density at radius 3 is 1.42 bits per heavy atom. The SMILES string of the molecule is CCCC(CCCCCc1ccc2c(c1)c1ccccc1n2-c1cc(-c2ccc(F)cc2F)nc(C(C)(C)c2cc(-n3c4ccccc4c4cc(N(CC)c5ccccc5)ccc43)cc(-c3ccc(F)cc3F)n2)c1)n1c2ccccc2c2ccccc21. The molecule has 5 heterocycles.